The van der Waals surface area contributed by atoms with Crippen LogP contribution in [0.2, 0.25) is 0 Å². The number of aliphatic hydroxyl groups excluding tert-OH is 2. The van der Waals surface area contributed by atoms with Gasteiger partial charge in [0, 0.05) is 17.0 Å². The summed E-state index contributed by atoms with van der Waals surface area (Å²) in [7, 11) is 0. The Balaban J connectivity index is -0.000000163. The molecule has 1 fully saturated rings. The second-order valence-corrected chi connectivity index (χ2v) is 3.72. The average molecular weight is 383 g/mol. The molecule has 152 valence electrons. The summed E-state index contributed by atoms with van der Waals surface area (Å²) in [5.74, 6) is -0.0857. The van der Waals surface area contributed by atoms with Crippen molar-refractivity contribution < 1.29 is 62.9 Å². The van der Waals surface area contributed by atoms with Gasteiger partial charge in [-0.15, -0.1) is 0 Å². The summed E-state index contributed by atoms with van der Waals surface area (Å²) in [5, 5.41) is 41.2. The van der Waals surface area contributed by atoms with Crippen LogP contribution in [-0.2, 0) is 9.59 Å². The summed E-state index contributed by atoms with van der Waals surface area (Å²) in [5.41, 5.74) is 2.10. The van der Waals surface area contributed by atoms with Crippen molar-refractivity contribution in [1.29, 1.82) is 5.26 Å². The lowest BCUT2D eigenvalue weighted by molar-refractivity contribution is -0.165. The summed E-state index contributed by atoms with van der Waals surface area (Å²) >= 11 is 0. The van der Waals surface area contributed by atoms with Crippen LogP contribution in [0.5, 0.6) is 0 Å². The number of nitriles is 1. The van der Waals surface area contributed by atoms with Gasteiger partial charge in [0.1, 0.15) is 0 Å². The second kappa shape index (κ2) is 18.4. The van der Waals surface area contributed by atoms with Gasteiger partial charge < -0.3 is 42.3 Å². The summed E-state index contributed by atoms with van der Waals surface area (Å²) in [6, 6.07) is 0.513. The Morgan fingerprint density at radius 2 is 1.48 bits per heavy atom. The zero-order valence-corrected chi connectivity index (χ0v) is 12.6. The molecule has 1 aliphatic carbocycles. The van der Waals surface area contributed by atoms with Crippen LogP contribution in [0.25, 0.3) is 0 Å². The number of carboxylic acids is 2. The van der Waals surface area contributed by atoms with Crippen molar-refractivity contribution in [2.45, 2.75) is 50.2 Å². The van der Waals surface area contributed by atoms with E-state index in [-0.39, 0.29) is 28.3 Å². The van der Waals surface area contributed by atoms with Crippen molar-refractivity contribution in [3.05, 3.63) is 0 Å². The third-order valence-corrected chi connectivity index (χ3v) is 2.25. The normalized spacial score (nSPS) is 28.6. The van der Waals surface area contributed by atoms with Crippen LogP contribution in [0.15, 0.2) is 0 Å². The molecular formula is C12H29N3O10. The first-order chi connectivity index (χ1) is 12.9. The first-order valence-corrected chi connectivity index (χ1v) is 5.51. The van der Waals surface area contributed by atoms with E-state index in [9.17, 15) is 9.59 Å². The number of nitrogens with one attached hydrogen (secondary N) is 1. The van der Waals surface area contributed by atoms with Gasteiger partial charge in [0.05, 0.1) is 12.5 Å². The number of aliphatic carboxylic acids is 2. The molecule has 15 N–H and O–H groups in total. The lowest BCUT2D eigenvalue weighted by Gasteiger charge is -2.18. The zero-order chi connectivity index (χ0) is 23.6. The minimum atomic E-state index is -3.04. The lowest BCUT2D eigenvalue weighted by atomic mass is 9.97. The second-order valence-electron chi connectivity index (χ2n) is 3.72. The molecule has 0 heterocycles. The predicted molar refractivity (Wildman–Crippen MR) is 85.0 cm³/mol. The molecule has 3 atom stereocenters. The van der Waals surface area contributed by atoms with Gasteiger partial charge in [0.2, 0.25) is 0 Å². The largest absolute Gasteiger partial charge is 0.479 e. The van der Waals surface area contributed by atoms with Gasteiger partial charge in [-0.25, -0.2) is 9.59 Å². The predicted octanol–water partition coefficient (Wildman–Crippen LogP) is -4.50. The first kappa shape index (κ1) is 16.6. The van der Waals surface area contributed by atoms with E-state index in [2.05, 4.69) is 5.43 Å². The van der Waals surface area contributed by atoms with E-state index in [1.165, 1.54) is 0 Å². The maximum Gasteiger partial charge on any atom is 0.335 e. The van der Waals surface area contributed by atoms with Crippen molar-refractivity contribution in [3.63, 3.8) is 0 Å². The van der Waals surface area contributed by atoms with Gasteiger partial charge in [0.15, 0.2) is 12.2 Å². The highest BCUT2D eigenvalue weighted by atomic mass is 16.4. The van der Waals surface area contributed by atoms with Crippen LogP contribution in [-0.4, -0.2) is 72.5 Å². The fraction of sp³-hybridized carbons (Fsp3) is 0.750. The van der Waals surface area contributed by atoms with Crippen LogP contribution in [0.4, 0.5) is 0 Å². The van der Waals surface area contributed by atoms with E-state index in [0.717, 1.165) is 0 Å². The van der Waals surface area contributed by atoms with Crippen molar-refractivity contribution in [2.24, 2.45) is 11.8 Å². The highest BCUT2D eigenvalue weighted by Crippen LogP contribution is 2.28. The van der Waals surface area contributed by atoms with E-state index in [1.54, 1.807) is 6.07 Å². The molecule has 1 saturated carbocycles. The SMILES string of the molecule is O.O.O.O.O=C(O)[C@H](O)[C@@H](O)C(=O)O.[2H]C1([2H])C([C@@H](CC#N)NN)C([2H])([2H])C([2H])([2H])C1([2H])[2H]. The van der Waals surface area contributed by atoms with Crippen molar-refractivity contribution in [3.8, 4) is 6.07 Å². The van der Waals surface area contributed by atoms with Gasteiger partial charge in [0.25, 0.3) is 0 Å². The lowest BCUT2D eigenvalue weighted by Crippen LogP contribution is -2.39. The molecule has 0 amide bonds. The Morgan fingerprint density at radius 1 is 1.12 bits per heavy atom. The topological polar surface area (TPSA) is 303 Å². The van der Waals surface area contributed by atoms with E-state index >= 15 is 0 Å². The third kappa shape index (κ3) is 13.1. The number of hydrogen-bond donors (Lipinski definition) is 6. The molecule has 0 aliphatic heterocycles. The van der Waals surface area contributed by atoms with E-state index in [0.29, 0.717) is 0 Å². The average Bonchev–Trinajstić information content (AvgIpc) is 2.65. The number of nitrogens with two attached hydrogens (primary N) is 1. The fourth-order valence-corrected chi connectivity index (χ4v) is 1.11. The van der Waals surface area contributed by atoms with E-state index < -0.39 is 61.6 Å². The van der Waals surface area contributed by atoms with Crippen LogP contribution < -0.4 is 11.3 Å². The number of nitrogens with zero attached hydrogens (tertiary/aromatic N) is 1. The van der Waals surface area contributed by atoms with E-state index in [1.807, 2.05) is 0 Å². The van der Waals surface area contributed by atoms with Crippen molar-refractivity contribution >= 4 is 11.9 Å². The molecule has 0 unspecified atom stereocenters. The Kier molecular flexibility index (Phi) is 12.2. The molecule has 0 radical (unpaired) electrons. The summed E-state index contributed by atoms with van der Waals surface area (Å²) in [4.78, 5) is 19.5. The maximum absolute atomic E-state index is 9.77. The van der Waals surface area contributed by atoms with Crippen molar-refractivity contribution in [2.75, 3.05) is 0 Å². The standard InChI is InChI=1S/C8H15N3.C4H6O6.4H2O/c9-6-5-8(11-10)7-3-1-2-4-7;5-1(3(7)8)2(6)4(9)10;;;;/h7-8,11H,1-5,10H2;1-2,5-6H,(H,7,8)(H,9,10);4*1H2/t8-;1-,2-;;;;/m11..../s1/i1D2,2D2,3D2,4D2;;;;;. The number of hydrazine groups is 1. The third-order valence-electron chi connectivity index (χ3n) is 2.25. The Labute approximate surface area is 155 Å². The minimum absolute atomic E-state index is 0. The van der Waals surface area contributed by atoms with Gasteiger partial charge in [-0.05, 0) is 18.7 Å². The fourth-order valence-electron chi connectivity index (χ4n) is 1.11. The monoisotopic (exact) mass is 383 g/mol. The van der Waals surface area contributed by atoms with Crippen LogP contribution in [0.3, 0.4) is 0 Å². The van der Waals surface area contributed by atoms with Gasteiger partial charge >= 0.3 is 11.9 Å². The van der Waals surface area contributed by atoms with E-state index in [4.69, 9.17) is 42.5 Å². The molecule has 0 aromatic heterocycles. The summed E-state index contributed by atoms with van der Waals surface area (Å²) in [6.45, 7) is 0. The molecular weight excluding hydrogens is 346 g/mol. The summed E-state index contributed by atoms with van der Waals surface area (Å²) in [6.07, 6.45) is -16.6. The number of aliphatic hydroxyl groups is 2. The minimum Gasteiger partial charge on any atom is -0.479 e. The Morgan fingerprint density at radius 3 is 1.72 bits per heavy atom. The number of rotatable bonds is 6. The van der Waals surface area contributed by atoms with Crippen LogP contribution in [0.1, 0.15) is 42.9 Å². The van der Waals surface area contributed by atoms with Gasteiger partial charge in [-0.1, -0.05) is 12.7 Å². The highest BCUT2D eigenvalue weighted by molar-refractivity contribution is 5.83. The van der Waals surface area contributed by atoms with Gasteiger partial charge in [-0.3, -0.25) is 11.3 Å². The quantitative estimate of drug-likeness (QED) is 0.190. The van der Waals surface area contributed by atoms with Gasteiger partial charge in [-0.2, -0.15) is 5.26 Å². The van der Waals surface area contributed by atoms with Crippen molar-refractivity contribution in [1.82, 2.24) is 5.43 Å². The molecule has 1 rings (SSSR count). The molecule has 0 aromatic carbocycles. The molecule has 0 saturated heterocycles. The first-order valence-electron chi connectivity index (χ1n) is 9.51. The van der Waals surface area contributed by atoms with Crippen LogP contribution >= 0.6 is 0 Å². The Bertz CT molecular complexity index is 634. The molecule has 0 aromatic rings. The number of hydrogen-bond acceptors (Lipinski definition) is 7. The number of carboxylic acid groups (broad SMARTS) is 2. The molecule has 13 heteroatoms. The zero-order valence-electron chi connectivity index (χ0n) is 20.6. The number of carbonyl (C=O) groups is 2. The molecule has 0 bridgehead atoms. The molecule has 0 spiro atoms. The Hall–Kier alpha value is -1.89. The smallest absolute Gasteiger partial charge is 0.335 e. The van der Waals surface area contributed by atoms with Crippen LogP contribution in [0, 0.1) is 17.2 Å². The molecule has 25 heavy (non-hydrogen) atoms. The highest BCUT2D eigenvalue weighted by Gasteiger charge is 2.29. The molecule has 1 aliphatic rings. The summed E-state index contributed by atoms with van der Waals surface area (Å²) < 4.78 is 61.5. The maximum atomic E-state index is 9.77. The molecule has 13 nitrogen and oxygen atoms in total.